The molecule has 1 aliphatic heterocycles. The number of hydrogen-bond acceptors (Lipinski definition) is 3. The highest BCUT2D eigenvalue weighted by Crippen LogP contribution is 2.37. The average Bonchev–Trinajstić information content (AvgIpc) is 3.25. The summed E-state index contributed by atoms with van der Waals surface area (Å²) in [5.41, 5.74) is 2.24. The first-order valence-electron chi connectivity index (χ1n) is 7.96. The van der Waals surface area contributed by atoms with Gasteiger partial charge in [-0.1, -0.05) is 24.3 Å². The Morgan fingerprint density at radius 1 is 1.22 bits per heavy atom. The molecular weight excluding hydrogens is 310 g/mol. The van der Waals surface area contributed by atoms with Gasteiger partial charge in [-0.2, -0.15) is 4.31 Å². The predicted octanol–water partition coefficient (Wildman–Crippen LogP) is 2.86. The first kappa shape index (κ1) is 14.7. The molecule has 2 aliphatic rings. The number of fused-ring (bicyclic) bond motifs is 1. The second-order valence-electron chi connectivity index (χ2n) is 6.06. The van der Waals surface area contributed by atoms with Crippen LogP contribution in [0, 0.1) is 0 Å². The smallest absolute Gasteiger partial charge is 0.239 e. The van der Waals surface area contributed by atoms with Crippen LogP contribution in [0.2, 0.25) is 0 Å². The van der Waals surface area contributed by atoms with E-state index in [9.17, 15) is 8.42 Å². The second kappa shape index (κ2) is 5.62. The van der Waals surface area contributed by atoms with E-state index in [1.807, 2.05) is 24.3 Å². The third-order valence-electron chi connectivity index (χ3n) is 4.69. The summed E-state index contributed by atoms with van der Waals surface area (Å²) in [6, 6.07) is 7.83. The van der Waals surface area contributed by atoms with E-state index in [1.165, 1.54) is 5.56 Å². The number of aryl methyl sites for hydroxylation is 1. The molecule has 1 saturated heterocycles. The van der Waals surface area contributed by atoms with Crippen LogP contribution in [0.5, 0.6) is 0 Å². The Balaban J connectivity index is 1.70. The minimum atomic E-state index is -3.45. The van der Waals surface area contributed by atoms with Crippen LogP contribution in [0.25, 0.3) is 6.08 Å². The van der Waals surface area contributed by atoms with E-state index in [2.05, 4.69) is 16.0 Å². The lowest BCUT2D eigenvalue weighted by atomic mass is 9.98. The van der Waals surface area contributed by atoms with Crippen molar-refractivity contribution in [1.82, 2.24) is 14.3 Å². The maximum absolute atomic E-state index is 13.1. The summed E-state index contributed by atoms with van der Waals surface area (Å²) in [6.45, 7) is 0.562. The molecule has 1 aromatic carbocycles. The van der Waals surface area contributed by atoms with E-state index in [0.717, 1.165) is 30.7 Å². The summed E-state index contributed by atoms with van der Waals surface area (Å²) in [5, 5.41) is 0. The number of rotatable bonds is 3. The van der Waals surface area contributed by atoms with E-state index in [0.29, 0.717) is 17.9 Å². The summed E-state index contributed by atoms with van der Waals surface area (Å²) in [7, 11) is -3.45. The summed E-state index contributed by atoms with van der Waals surface area (Å²) in [4.78, 5) is 7.85. The van der Waals surface area contributed by atoms with Gasteiger partial charge >= 0.3 is 0 Å². The number of aromatic nitrogens is 2. The van der Waals surface area contributed by atoms with Gasteiger partial charge in [0.05, 0.1) is 10.9 Å². The summed E-state index contributed by atoms with van der Waals surface area (Å²) in [5.74, 6) is 0.739. The molecular formula is C17H19N3O2S. The predicted molar refractivity (Wildman–Crippen MR) is 88.9 cm³/mol. The number of allylic oxidation sites excluding steroid dienone is 1. The van der Waals surface area contributed by atoms with Gasteiger partial charge < -0.3 is 4.98 Å². The van der Waals surface area contributed by atoms with Crippen LogP contribution >= 0.6 is 0 Å². The fourth-order valence-electron chi connectivity index (χ4n) is 3.52. The van der Waals surface area contributed by atoms with Crippen LogP contribution in [0.15, 0.2) is 41.6 Å². The molecule has 23 heavy (non-hydrogen) atoms. The number of aromatic amines is 1. The van der Waals surface area contributed by atoms with Crippen LogP contribution in [0.1, 0.15) is 42.3 Å². The number of hydrogen-bond donors (Lipinski definition) is 1. The van der Waals surface area contributed by atoms with Crippen LogP contribution in [-0.2, 0) is 16.4 Å². The lowest BCUT2D eigenvalue weighted by Gasteiger charge is -2.26. The van der Waals surface area contributed by atoms with E-state index < -0.39 is 10.0 Å². The molecule has 2 heterocycles. The largest absolute Gasteiger partial charge is 0.347 e. The molecule has 0 bridgehead atoms. The topological polar surface area (TPSA) is 66.1 Å². The van der Waals surface area contributed by atoms with Crippen molar-refractivity contribution in [1.29, 1.82) is 0 Å². The molecule has 1 atom stereocenters. The van der Waals surface area contributed by atoms with E-state index in [-0.39, 0.29) is 6.04 Å². The van der Waals surface area contributed by atoms with Crippen molar-refractivity contribution in [3.8, 4) is 0 Å². The van der Waals surface area contributed by atoms with Crippen molar-refractivity contribution < 1.29 is 8.42 Å². The molecule has 0 saturated carbocycles. The van der Waals surface area contributed by atoms with Crippen LogP contribution < -0.4 is 0 Å². The lowest BCUT2D eigenvalue weighted by molar-refractivity contribution is 0.388. The zero-order valence-electron chi connectivity index (χ0n) is 12.8. The summed E-state index contributed by atoms with van der Waals surface area (Å²) in [6.07, 6.45) is 8.29. The van der Waals surface area contributed by atoms with E-state index >= 15 is 0 Å². The monoisotopic (exact) mass is 329 g/mol. The van der Waals surface area contributed by atoms with Crippen molar-refractivity contribution >= 4 is 16.1 Å². The van der Waals surface area contributed by atoms with Crippen molar-refractivity contribution in [2.45, 2.75) is 31.7 Å². The Bertz CT molecular complexity index is 840. The minimum Gasteiger partial charge on any atom is -0.347 e. The number of H-pyrrole nitrogens is 1. The number of nitrogens with zero attached hydrogens (tertiary/aromatic N) is 2. The SMILES string of the molecule is O=S(=O)(C1=Cc2ccccc2CC1)N1CCCC1c1ncc[nH]1. The van der Waals surface area contributed by atoms with Crippen LogP contribution in [0.3, 0.4) is 0 Å². The van der Waals surface area contributed by atoms with Gasteiger partial charge in [0.15, 0.2) is 0 Å². The number of benzene rings is 1. The summed E-state index contributed by atoms with van der Waals surface area (Å²) < 4.78 is 27.9. The maximum atomic E-state index is 13.1. The summed E-state index contributed by atoms with van der Waals surface area (Å²) >= 11 is 0. The highest BCUT2D eigenvalue weighted by molar-refractivity contribution is 7.93. The van der Waals surface area contributed by atoms with Crippen LogP contribution in [-0.4, -0.2) is 29.2 Å². The van der Waals surface area contributed by atoms with Gasteiger partial charge in [0.25, 0.3) is 0 Å². The third kappa shape index (κ3) is 2.52. The maximum Gasteiger partial charge on any atom is 0.239 e. The van der Waals surface area contributed by atoms with E-state index in [1.54, 1.807) is 16.7 Å². The van der Waals surface area contributed by atoms with Gasteiger partial charge in [0.1, 0.15) is 5.82 Å². The first-order chi connectivity index (χ1) is 11.2. The molecule has 1 N–H and O–H groups in total. The molecule has 4 rings (SSSR count). The standard InChI is InChI=1S/C17H19N3O2S/c21-23(22,15-8-7-13-4-1-2-5-14(13)12-15)20-11-3-6-16(20)17-18-9-10-19-17/h1-2,4-5,9-10,12,16H,3,6-8,11H2,(H,18,19). The van der Waals surface area contributed by atoms with Crippen molar-refractivity contribution in [3.63, 3.8) is 0 Å². The Kier molecular flexibility index (Phi) is 3.58. The Morgan fingerprint density at radius 2 is 2.09 bits per heavy atom. The average molecular weight is 329 g/mol. The van der Waals surface area contributed by atoms with Gasteiger partial charge in [-0.3, -0.25) is 0 Å². The first-order valence-corrected chi connectivity index (χ1v) is 9.40. The van der Waals surface area contributed by atoms with E-state index in [4.69, 9.17) is 0 Å². The molecule has 1 aromatic heterocycles. The van der Waals surface area contributed by atoms with Crippen molar-refractivity contribution in [3.05, 3.63) is 58.5 Å². The normalized spacial score (nSPS) is 21.9. The lowest BCUT2D eigenvalue weighted by Crippen LogP contribution is -2.32. The number of imidazole rings is 1. The van der Waals surface area contributed by atoms with Crippen molar-refractivity contribution in [2.75, 3.05) is 6.54 Å². The molecule has 1 fully saturated rings. The Morgan fingerprint density at radius 3 is 2.91 bits per heavy atom. The molecule has 5 nitrogen and oxygen atoms in total. The number of sulfonamides is 1. The molecule has 2 aromatic rings. The van der Waals surface area contributed by atoms with Gasteiger partial charge in [0, 0.05) is 18.9 Å². The minimum absolute atomic E-state index is 0.173. The van der Waals surface area contributed by atoms with Gasteiger partial charge in [-0.15, -0.1) is 0 Å². The molecule has 6 heteroatoms. The molecule has 0 radical (unpaired) electrons. The van der Waals surface area contributed by atoms with Gasteiger partial charge in [-0.25, -0.2) is 13.4 Å². The highest BCUT2D eigenvalue weighted by Gasteiger charge is 2.38. The fourth-order valence-corrected chi connectivity index (χ4v) is 5.37. The number of nitrogens with one attached hydrogen (secondary N) is 1. The zero-order valence-corrected chi connectivity index (χ0v) is 13.6. The molecule has 1 aliphatic carbocycles. The quantitative estimate of drug-likeness (QED) is 0.941. The third-order valence-corrected chi connectivity index (χ3v) is 6.73. The Labute approximate surface area is 136 Å². The molecule has 1 unspecified atom stereocenters. The highest BCUT2D eigenvalue weighted by atomic mass is 32.2. The van der Waals surface area contributed by atoms with Gasteiger partial charge in [-0.05, 0) is 42.9 Å². The Hall–Kier alpha value is -1.92. The van der Waals surface area contributed by atoms with Crippen LogP contribution in [0.4, 0.5) is 0 Å². The van der Waals surface area contributed by atoms with Crippen molar-refractivity contribution in [2.24, 2.45) is 0 Å². The zero-order chi connectivity index (χ0) is 15.9. The van der Waals surface area contributed by atoms with Gasteiger partial charge in [0.2, 0.25) is 10.0 Å². The molecule has 0 amide bonds. The molecule has 120 valence electrons. The fraction of sp³-hybridized carbons (Fsp3) is 0.353. The molecule has 0 spiro atoms. The second-order valence-corrected chi connectivity index (χ2v) is 8.00.